The van der Waals surface area contributed by atoms with E-state index < -0.39 is 0 Å². The Morgan fingerprint density at radius 1 is 1.27 bits per heavy atom. The fraction of sp³-hybridized carbons (Fsp3) is 0.467. The molecule has 1 saturated carbocycles. The number of amidine groups is 1. The number of nitrogens with zero attached hydrogens (tertiary/aromatic N) is 3. The van der Waals surface area contributed by atoms with Gasteiger partial charge in [0.1, 0.15) is 10.7 Å². The molecule has 1 N–H and O–H groups in total. The number of carbonyl (C=O) groups is 1. The number of aryl methyl sites for hydroxylation is 2. The highest BCUT2D eigenvalue weighted by molar-refractivity contribution is 8.14. The lowest BCUT2D eigenvalue weighted by atomic mass is 10.1. The van der Waals surface area contributed by atoms with E-state index in [4.69, 9.17) is 0 Å². The van der Waals surface area contributed by atoms with Crippen molar-refractivity contribution in [3.8, 4) is 0 Å². The first-order valence-electron chi connectivity index (χ1n) is 7.39. The quantitative estimate of drug-likeness (QED) is 0.918. The average molecular weight is 332 g/mol. The van der Waals surface area contributed by atoms with Gasteiger partial charge in [-0.25, -0.2) is 9.97 Å². The van der Waals surface area contributed by atoms with E-state index in [-0.39, 0.29) is 5.91 Å². The summed E-state index contributed by atoms with van der Waals surface area (Å²) in [4.78, 5) is 27.7. The first-order valence-corrected chi connectivity index (χ1v) is 9.20. The molecule has 2 aromatic rings. The SMILES string of the molecule is Cc1nc(C2CC2)nc2sc(C(=O)NC3=NCCS3)c(C)c12. The number of aliphatic imine (C=N–C) groups is 1. The molecule has 3 heterocycles. The first-order chi connectivity index (χ1) is 10.6. The minimum Gasteiger partial charge on any atom is -0.301 e. The second kappa shape index (κ2) is 5.31. The Hall–Kier alpha value is -1.47. The highest BCUT2D eigenvalue weighted by atomic mass is 32.2. The summed E-state index contributed by atoms with van der Waals surface area (Å²) in [6.07, 6.45) is 2.36. The number of thioether (sulfide) groups is 1. The zero-order valence-corrected chi connectivity index (χ0v) is 14.1. The summed E-state index contributed by atoms with van der Waals surface area (Å²) >= 11 is 3.05. The van der Waals surface area contributed by atoms with E-state index in [1.165, 1.54) is 24.2 Å². The Morgan fingerprint density at radius 2 is 2.09 bits per heavy atom. The molecule has 5 nitrogen and oxygen atoms in total. The number of hydrogen-bond donors (Lipinski definition) is 1. The average Bonchev–Trinajstić information content (AvgIpc) is 3.12. The van der Waals surface area contributed by atoms with Gasteiger partial charge in [0.05, 0.1) is 17.1 Å². The van der Waals surface area contributed by atoms with Gasteiger partial charge in [0.2, 0.25) is 0 Å². The molecule has 4 rings (SSSR count). The fourth-order valence-electron chi connectivity index (χ4n) is 2.67. The van der Waals surface area contributed by atoms with Crippen LogP contribution in [0.4, 0.5) is 0 Å². The van der Waals surface area contributed by atoms with E-state index in [0.717, 1.165) is 49.6 Å². The van der Waals surface area contributed by atoms with Crippen molar-refractivity contribution in [2.24, 2.45) is 4.99 Å². The third-order valence-corrected chi connectivity index (χ3v) is 6.02. The summed E-state index contributed by atoms with van der Waals surface area (Å²) in [5.41, 5.74) is 1.95. The van der Waals surface area contributed by atoms with E-state index >= 15 is 0 Å². The van der Waals surface area contributed by atoms with Crippen LogP contribution >= 0.6 is 23.1 Å². The fourth-order valence-corrected chi connectivity index (χ4v) is 4.52. The number of rotatable bonds is 2. The van der Waals surface area contributed by atoms with Crippen molar-refractivity contribution in [1.82, 2.24) is 15.3 Å². The van der Waals surface area contributed by atoms with Crippen molar-refractivity contribution in [2.45, 2.75) is 32.6 Å². The summed E-state index contributed by atoms with van der Waals surface area (Å²) in [6, 6.07) is 0. The number of carbonyl (C=O) groups excluding carboxylic acids is 1. The normalized spacial score (nSPS) is 17.8. The number of thiophene rings is 1. The molecule has 114 valence electrons. The van der Waals surface area contributed by atoms with Gasteiger partial charge in [0.15, 0.2) is 5.17 Å². The minimum absolute atomic E-state index is 0.0824. The number of nitrogens with one attached hydrogen (secondary N) is 1. The number of amides is 1. The van der Waals surface area contributed by atoms with Crippen LogP contribution in [0.25, 0.3) is 10.2 Å². The monoisotopic (exact) mass is 332 g/mol. The molecule has 0 unspecified atom stereocenters. The van der Waals surface area contributed by atoms with E-state index in [9.17, 15) is 4.79 Å². The van der Waals surface area contributed by atoms with Crippen molar-refractivity contribution in [3.05, 3.63) is 22.0 Å². The van der Waals surface area contributed by atoms with Crippen LogP contribution in [-0.2, 0) is 0 Å². The molecule has 2 aliphatic rings. The molecule has 7 heteroatoms. The van der Waals surface area contributed by atoms with Crippen LogP contribution in [0.5, 0.6) is 0 Å². The largest absolute Gasteiger partial charge is 0.301 e. The van der Waals surface area contributed by atoms with Crippen LogP contribution < -0.4 is 5.32 Å². The third kappa shape index (κ3) is 2.42. The highest BCUT2D eigenvalue weighted by Gasteiger charge is 2.28. The predicted molar refractivity (Wildman–Crippen MR) is 91.1 cm³/mol. The molecule has 22 heavy (non-hydrogen) atoms. The standard InChI is InChI=1S/C15H16N4OS2/c1-7-10-8(2)17-12(9-3-4-9)18-14(10)22-11(7)13(20)19-15-16-5-6-21-15/h9H,3-6H2,1-2H3,(H,16,19,20). The molecule has 1 aliphatic carbocycles. The molecule has 1 aliphatic heterocycles. The van der Waals surface area contributed by atoms with Crippen molar-refractivity contribution in [2.75, 3.05) is 12.3 Å². The topological polar surface area (TPSA) is 67.2 Å². The summed E-state index contributed by atoms with van der Waals surface area (Å²) in [5.74, 6) is 2.32. The summed E-state index contributed by atoms with van der Waals surface area (Å²) in [7, 11) is 0. The third-order valence-electron chi connectivity index (χ3n) is 3.94. The summed E-state index contributed by atoms with van der Waals surface area (Å²) in [5, 5.41) is 4.66. The van der Waals surface area contributed by atoms with Crippen LogP contribution in [0.15, 0.2) is 4.99 Å². The lowest BCUT2D eigenvalue weighted by Gasteiger charge is -2.03. The Labute approximate surface area is 136 Å². The second-order valence-corrected chi connectivity index (χ2v) is 7.75. The van der Waals surface area contributed by atoms with Gasteiger partial charge < -0.3 is 5.32 Å². The van der Waals surface area contributed by atoms with Gasteiger partial charge in [0.25, 0.3) is 5.91 Å². The van der Waals surface area contributed by atoms with E-state index in [1.807, 2.05) is 13.8 Å². The van der Waals surface area contributed by atoms with Gasteiger partial charge in [-0.1, -0.05) is 11.8 Å². The summed E-state index contributed by atoms with van der Waals surface area (Å²) < 4.78 is 0. The van der Waals surface area contributed by atoms with Crippen molar-refractivity contribution in [3.63, 3.8) is 0 Å². The van der Waals surface area contributed by atoms with Crippen molar-refractivity contribution < 1.29 is 4.79 Å². The molecule has 0 aromatic carbocycles. The van der Waals surface area contributed by atoms with Gasteiger partial charge in [0, 0.05) is 17.1 Å². The van der Waals surface area contributed by atoms with Gasteiger partial charge in [-0.05, 0) is 32.3 Å². The van der Waals surface area contributed by atoms with E-state index in [0.29, 0.717) is 5.92 Å². The molecule has 0 spiro atoms. The maximum absolute atomic E-state index is 12.5. The number of fused-ring (bicyclic) bond motifs is 1. The van der Waals surface area contributed by atoms with Gasteiger partial charge in [-0.2, -0.15) is 0 Å². The van der Waals surface area contributed by atoms with Crippen LogP contribution in [0.1, 0.15) is 45.5 Å². The van der Waals surface area contributed by atoms with Crippen LogP contribution in [0, 0.1) is 13.8 Å². The van der Waals surface area contributed by atoms with Crippen molar-refractivity contribution in [1.29, 1.82) is 0 Å². The number of hydrogen-bond acceptors (Lipinski definition) is 6. The maximum Gasteiger partial charge on any atom is 0.267 e. The highest BCUT2D eigenvalue weighted by Crippen LogP contribution is 2.40. The van der Waals surface area contributed by atoms with Crippen LogP contribution in [-0.4, -0.2) is 33.3 Å². The lowest BCUT2D eigenvalue weighted by Crippen LogP contribution is -2.27. The molecule has 0 radical (unpaired) electrons. The van der Waals surface area contributed by atoms with Crippen LogP contribution in [0.2, 0.25) is 0 Å². The molecule has 0 saturated heterocycles. The molecule has 1 amide bonds. The smallest absolute Gasteiger partial charge is 0.267 e. The first kappa shape index (κ1) is 14.1. The Morgan fingerprint density at radius 3 is 2.77 bits per heavy atom. The zero-order valence-electron chi connectivity index (χ0n) is 12.5. The van der Waals surface area contributed by atoms with Gasteiger partial charge >= 0.3 is 0 Å². The Bertz CT molecular complexity index is 807. The van der Waals surface area contributed by atoms with Gasteiger partial charge in [-0.15, -0.1) is 11.3 Å². The molecule has 1 fully saturated rings. The number of aromatic nitrogens is 2. The zero-order chi connectivity index (χ0) is 15.3. The van der Waals surface area contributed by atoms with E-state index in [1.54, 1.807) is 11.8 Å². The molecular weight excluding hydrogens is 316 g/mol. The minimum atomic E-state index is -0.0824. The maximum atomic E-state index is 12.5. The predicted octanol–water partition coefficient (Wildman–Crippen LogP) is 3.02. The lowest BCUT2D eigenvalue weighted by molar-refractivity contribution is 0.0981. The second-order valence-electron chi connectivity index (χ2n) is 5.67. The molecular formula is C15H16N4OS2. The Kier molecular flexibility index (Phi) is 3.41. The summed E-state index contributed by atoms with van der Waals surface area (Å²) in [6.45, 7) is 4.76. The molecule has 0 bridgehead atoms. The molecule has 2 aromatic heterocycles. The molecule has 0 atom stereocenters. The van der Waals surface area contributed by atoms with Crippen molar-refractivity contribution >= 4 is 44.4 Å². The Balaban J connectivity index is 1.73. The van der Waals surface area contributed by atoms with E-state index in [2.05, 4.69) is 20.3 Å². The van der Waals surface area contributed by atoms with Gasteiger partial charge in [-0.3, -0.25) is 9.79 Å². The van der Waals surface area contributed by atoms with Crippen LogP contribution in [0.3, 0.4) is 0 Å².